The number of rotatable bonds is 13. The topological polar surface area (TPSA) is 153 Å². The largest absolute Gasteiger partial charge is 0.462 e. The number of ether oxygens (including phenoxy) is 3. The first-order valence-corrected chi connectivity index (χ1v) is 13.3. The molecule has 0 aliphatic carbocycles. The molecule has 14 heteroatoms. The SMILES string of the molecule is COC[C@H](N[P@](=O)(CO[C@H](C)Cn1cnc2c(N)ncnc21)Oc1ccc(Cl)cc1)C(=O)OC(C)C. The Morgan fingerprint density at radius 1 is 1.19 bits per heavy atom. The minimum absolute atomic E-state index is 0.0861. The summed E-state index contributed by atoms with van der Waals surface area (Å²) in [6, 6.07) is 5.29. The van der Waals surface area contributed by atoms with E-state index < -0.39 is 25.6 Å². The van der Waals surface area contributed by atoms with Gasteiger partial charge in [0.05, 0.1) is 31.7 Å². The van der Waals surface area contributed by atoms with Gasteiger partial charge in [0.15, 0.2) is 11.5 Å². The second kappa shape index (κ2) is 12.5. The number of methoxy groups -OCH3 is 1. The maximum absolute atomic E-state index is 13.9. The minimum atomic E-state index is -3.81. The van der Waals surface area contributed by atoms with E-state index in [-0.39, 0.29) is 30.6 Å². The van der Waals surface area contributed by atoms with Gasteiger partial charge in [-0.2, -0.15) is 0 Å². The van der Waals surface area contributed by atoms with Crippen molar-refractivity contribution >= 4 is 42.1 Å². The first-order valence-electron chi connectivity index (χ1n) is 11.1. The lowest BCUT2D eigenvalue weighted by Gasteiger charge is -2.26. The number of benzene rings is 1. The number of halogens is 1. The van der Waals surface area contributed by atoms with E-state index in [0.717, 1.165) is 0 Å². The fourth-order valence-corrected chi connectivity index (χ4v) is 5.09. The number of fused-ring (bicyclic) bond motifs is 1. The molecule has 0 unspecified atom stereocenters. The number of nitrogens with two attached hydrogens (primary N) is 1. The third kappa shape index (κ3) is 7.62. The van der Waals surface area contributed by atoms with Crippen LogP contribution in [-0.2, 0) is 30.1 Å². The van der Waals surface area contributed by atoms with Gasteiger partial charge >= 0.3 is 13.5 Å². The predicted molar refractivity (Wildman–Crippen MR) is 135 cm³/mol. The standard InChI is InChI=1S/C22H30ClN6O6P/c1-14(2)34-22(30)18(10-32-4)28-36(31,35-17-7-5-16(23)6-8-17)13-33-15(3)9-29-12-27-19-20(24)25-11-26-21(19)29/h5-8,11-12,14-15,18H,9-10,13H2,1-4H3,(H,28,31)(H2,24,25,26)/t15-,18+,36+/m1/s1. The van der Waals surface area contributed by atoms with Crippen LogP contribution in [0.25, 0.3) is 11.2 Å². The molecule has 0 radical (unpaired) electrons. The van der Waals surface area contributed by atoms with Crippen LogP contribution in [0.4, 0.5) is 5.82 Å². The Bertz CT molecular complexity index is 1210. The molecular formula is C22H30ClN6O6P. The van der Waals surface area contributed by atoms with E-state index in [9.17, 15) is 9.36 Å². The lowest BCUT2D eigenvalue weighted by molar-refractivity contribution is -0.150. The number of anilines is 1. The van der Waals surface area contributed by atoms with Gasteiger partial charge in [0.2, 0.25) is 0 Å². The van der Waals surface area contributed by atoms with Crippen LogP contribution in [0.5, 0.6) is 5.75 Å². The maximum Gasteiger partial charge on any atom is 0.342 e. The summed E-state index contributed by atoms with van der Waals surface area (Å²) < 4.78 is 37.8. The van der Waals surface area contributed by atoms with Crippen LogP contribution in [0.15, 0.2) is 36.9 Å². The lowest BCUT2D eigenvalue weighted by atomic mass is 10.3. The normalized spacial score (nSPS) is 14.9. The highest BCUT2D eigenvalue weighted by molar-refractivity contribution is 7.57. The molecule has 196 valence electrons. The molecule has 0 aliphatic heterocycles. The molecule has 3 rings (SSSR count). The van der Waals surface area contributed by atoms with Crippen molar-refractivity contribution in [1.29, 1.82) is 0 Å². The molecule has 0 saturated carbocycles. The number of aromatic nitrogens is 4. The van der Waals surface area contributed by atoms with Gasteiger partial charge in [-0.05, 0) is 45.0 Å². The van der Waals surface area contributed by atoms with E-state index >= 15 is 0 Å². The van der Waals surface area contributed by atoms with Crippen LogP contribution in [0.2, 0.25) is 5.02 Å². The van der Waals surface area contributed by atoms with Crippen molar-refractivity contribution in [3.05, 3.63) is 41.9 Å². The summed E-state index contributed by atoms with van der Waals surface area (Å²) in [5.41, 5.74) is 6.88. The molecule has 12 nitrogen and oxygen atoms in total. The number of hydrogen-bond donors (Lipinski definition) is 2. The monoisotopic (exact) mass is 540 g/mol. The smallest absolute Gasteiger partial charge is 0.342 e. The molecule has 0 spiro atoms. The third-order valence-corrected chi connectivity index (χ3v) is 6.75. The Morgan fingerprint density at radius 2 is 1.92 bits per heavy atom. The Morgan fingerprint density at radius 3 is 2.58 bits per heavy atom. The van der Waals surface area contributed by atoms with Crippen molar-refractivity contribution in [2.75, 3.05) is 25.8 Å². The van der Waals surface area contributed by atoms with E-state index in [1.54, 1.807) is 55.9 Å². The number of carbonyl (C=O) groups excluding carboxylic acids is 1. The van der Waals surface area contributed by atoms with Gasteiger partial charge in [-0.3, -0.25) is 9.36 Å². The summed E-state index contributed by atoms with van der Waals surface area (Å²) in [7, 11) is -2.38. The molecule has 36 heavy (non-hydrogen) atoms. The number of imidazole rings is 1. The molecule has 3 aromatic rings. The summed E-state index contributed by atoms with van der Waals surface area (Å²) in [6.07, 6.45) is 1.77. The average molecular weight is 541 g/mol. The summed E-state index contributed by atoms with van der Waals surface area (Å²) >= 11 is 5.95. The van der Waals surface area contributed by atoms with Crippen molar-refractivity contribution < 1.29 is 28.1 Å². The zero-order chi connectivity index (χ0) is 26.3. The van der Waals surface area contributed by atoms with Crippen LogP contribution in [-0.4, -0.2) is 63.8 Å². The van der Waals surface area contributed by atoms with E-state index in [0.29, 0.717) is 22.7 Å². The van der Waals surface area contributed by atoms with Crippen molar-refractivity contribution in [3.8, 4) is 5.75 Å². The van der Waals surface area contributed by atoms with Crippen molar-refractivity contribution in [2.45, 2.75) is 45.6 Å². The van der Waals surface area contributed by atoms with Crippen LogP contribution in [0, 0.1) is 0 Å². The van der Waals surface area contributed by atoms with Crippen molar-refractivity contribution in [2.24, 2.45) is 0 Å². The molecule has 0 aliphatic rings. The Balaban J connectivity index is 1.76. The summed E-state index contributed by atoms with van der Waals surface area (Å²) in [5, 5.41) is 3.26. The van der Waals surface area contributed by atoms with E-state index in [1.165, 1.54) is 13.4 Å². The number of carbonyl (C=O) groups is 1. The molecule has 0 bridgehead atoms. The third-order valence-electron chi connectivity index (χ3n) is 4.80. The zero-order valence-electron chi connectivity index (χ0n) is 20.5. The van der Waals surface area contributed by atoms with Gasteiger partial charge in [-0.15, -0.1) is 0 Å². The Hall–Kier alpha value is -2.76. The molecule has 1 aromatic carbocycles. The number of nitrogens with zero attached hydrogens (tertiary/aromatic N) is 4. The Kier molecular flexibility index (Phi) is 9.63. The van der Waals surface area contributed by atoms with Crippen LogP contribution >= 0.6 is 19.1 Å². The first-order chi connectivity index (χ1) is 17.1. The zero-order valence-corrected chi connectivity index (χ0v) is 22.1. The first kappa shape index (κ1) is 27.8. The summed E-state index contributed by atoms with van der Waals surface area (Å²) in [5.74, 6) is -0.0653. The highest BCUT2D eigenvalue weighted by atomic mass is 35.5. The van der Waals surface area contributed by atoms with Gasteiger partial charge in [0, 0.05) is 12.1 Å². The van der Waals surface area contributed by atoms with Crippen LogP contribution in [0.1, 0.15) is 20.8 Å². The second-order valence-electron chi connectivity index (χ2n) is 8.28. The maximum atomic E-state index is 13.9. The molecule has 0 amide bonds. The quantitative estimate of drug-likeness (QED) is 0.242. The summed E-state index contributed by atoms with van der Waals surface area (Å²) in [4.78, 5) is 25.0. The van der Waals surface area contributed by atoms with Crippen molar-refractivity contribution in [3.63, 3.8) is 0 Å². The van der Waals surface area contributed by atoms with Gasteiger partial charge in [-0.25, -0.2) is 20.0 Å². The van der Waals surface area contributed by atoms with E-state index in [2.05, 4.69) is 20.0 Å². The van der Waals surface area contributed by atoms with Gasteiger partial charge in [0.1, 0.15) is 30.0 Å². The number of nitrogens with one attached hydrogen (secondary N) is 1. The van der Waals surface area contributed by atoms with Gasteiger partial charge < -0.3 is 29.0 Å². The van der Waals surface area contributed by atoms with Crippen LogP contribution in [0.3, 0.4) is 0 Å². The number of nitrogen functional groups attached to an aromatic ring is 1. The van der Waals surface area contributed by atoms with Crippen molar-refractivity contribution in [1.82, 2.24) is 24.6 Å². The van der Waals surface area contributed by atoms with Crippen LogP contribution < -0.4 is 15.3 Å². The van der Waals surface area contributed by atoms with Gasteiger partial charge in [-0.1, -0.05) is 11.6 Å². The molecular weight excluding hydrogens is 511 g/mol. The fourth-order valence-electron chi connectivity index (χ4n) is 3.22. The van der Waals surface area contributed by atoms with Gasteiger partial charge in [0.25, 0.3) is 0 Å². The average Bonchev–Trinajstić information content (AvgIpc) is 3.23. The molecule has 0 saturated heterocycles. The molecule has 2 aromatic heterocycles. The molecule has 2 heterocycles. The number of hydrogen-bond acceptors (Lipinski definition) is 10. The molecule has 3 N–H and O–H groups in total. The number of esters is 1. The van der Waals surface area contributed by atoms with E-state index in [1.807, 2.05) is 0 Å². The minimum Gasteiger partial charge on any atom is -0.462 e. The predicted octanol–water partition coefficient (Wildman–Crippen LogP) is 3.25. The fraction of sp³-hybridized carbons (Fsp3) is 0.455. The van der Waals surface area contributed by atoms with E-state index in [4.69, 9.17) is 36.1 Å². The lowest BCUT2D eigenvalue weighted by Crippen LogP contribution is -2.42. The second-order valence-corrected chi connectivity index (χ2v) is 10.8. The highest BCUT2D eigenvalue weighted by Gasteiger charge is 2.34. The molecule has 3 atom stereocenters. The Labute approximate surface area is 214 Å². The molecule has 0 fully saturated rings. The summed E-state index contributed by atoms with van der Waals surface area (Å²) in [6.45, 7) is 5.48. The highest BCUT2D eigenvalue weighted by Crippen LogP contribution is 2.44.